The first-order valence-corrected chi connectivity index (χ1v) is 15.8. The van der Waals surface area contributed by atoms with Crippen LogP contribution >= 0.6 is 0 Å². The molecule has 0 aliphatic heterocycles. The van der Waals surface area contributed by atoms with Gasteiger partial charge in [-0.3, -0.25) is 0 Å². The fraction of sp³-hybridized carbons (Fsp3) is 0.657. The van der Waals surface area contributed by atoms with Gasteiger partial charge in [0.25, 0.3) is 0 Å². The molecule has 6 atom stereocenters. The van der Waals surface area contributed by atoms with Crippen LogP contribution in [0.25, 0.3) is 0 Å². The SMILES string of the molecule is CCOc1ccc(CCCN(C)CCCCC[C@H]2C[C@]3(C)[C@@H](O)CC[C@H]3[C@@H]3CCc4cc(O)ccc4[C@@H]23)cc1. The number of hydrogen-bond acceptors (Lipinski definition) is 4. The zero-order valence-corrected chi connectivity index (χ0v) is 24.6. The number of nitrogens with zero attached hydrogens (tertiary/aromatic N) is 1. The van der Waals surface area contributed by atoms with Crippen LogP contribution in [0.4, 0.5) is 0 Å². The highest BCUT2D eigenvalue weighted by Gasteiger charge is 2.57. The molecule has 0 unspecified atom stereocenters. The van der Waals surface area contributed by atoms with Crippen molar-refractivity contribution >= 4 is 0 Å². The Labute approximate surface area is 236 Å². The molecule has 0 amide bonds. The Morgan fingerprint density at radius 2 is 1.77 bits per heavy atom. The van der Waals surface area contributed by atoms with E-state index in [-0.39, 0.29) is 11.5 Å². The summed E-state index contributed by atoms with van der Waals surface area (Å²) in [5.74, 6) is 3.94. The van der Waals surface area contributed by atoms with Gasteiger partial charge in [0.2, 0.25) is 0 Å². The molecule has 0 bridgehead atoms. The molecule has 3 aliphatic rings. The van der Waals surface area contributed by atoms with E-state index in [0.717, 1.165) is 38.0 Å². The molecular formula is C35H51NO3. The zero-order chi connectivity index (χ0) is 27.4. The van der Waals surface area contributed by atoms with Crippen LogP contribution in [0.3, 0.4) is 0 Å². The third-order valence-corrected chi connectivity index (χ3v) is 10.6. The maximum Gasteiger partial charge on any atom is 0.119 e. The van der Waals surface area contributed by atoms with Crippen molar-refractivity contribution in [2.75, 3.05) is 26.7 Å². The van der Waals surface area contributed by atoms with Gasteiger partial charge in [-0.1, -0.05) is 38.0 Å². The maximum atomic E-state index is 11.0. The number of aromatic hydroxyl groups is 1. The standard InChI is InChI=1S/C35H51NO3/c1-4-39-29-15-11-25(12-16-29)9-8-22-36(3)21-7-5-6-10-27-24-35(2)32(19-20-33(35)38)31-17-13-26-23-28(37)14-18-30(26)34(27)31/h11-12,14-16,18,23,27,31-34,37-38H,4-10,13,17,19-22,24H2,1-3H3/t27-,31-,32-,33-,34+,35-/m0/s1. The highest BCUT2D eigenvalue weighted by molar-refractivity contribution is 5.40. The summed E-state index contributed by atoms with van der Waals surface area (Å²) in [6.45, 7) is 7.44. The molecule has 3 aliphatic carbocycles. The fourth-order valence-electron chi connectivity index (χ4n) is 8.68. The summed E-state index contributed by atoms with van der Waals surface area (Å²) in [6, 6.07) is 14.7. The predicted octanol–water partition coefficient (Wildman–Crippen LogP) is 7.36. The highest BCUT2D eigenvalue weighted by Crippen LogP contribution is 2.63. The smallest absolute Gasteiger partial charge is 0.119 e. The van der Waals surface area contributed by atoms with Crippen molar-refractivity contribution in [3.63, 3.8) is 0 Å². The number of aliphatic hydroxyl groups excluding tert-OH is 1. The van der Waals surface area contributed by atoms with Crippen molar-refractivity contribution in [3.8, 4) is 11.5 Å². The molecule has 2 N–H and O–H groups in total. The number of fused-ring (bicyclic) bond motifs is 5. The molecule has 0 heterocycles. The van der Waals surface area contributed by atoms with Gasteiger partial charge < -0.3 is 19.8 Å². The lowest BCUT2D eigenvalue weighted by molar-refractivity contribution is -0.0501. The molecule has 0 saturated heterocycles. The Morgan fingerprint density at radius 1 is 0.974 bits per heavy atom. The van der Waals surface area contributed by atoms with Gasteiger partial charge in [0.05, 0.1) is 12.7 Å². The maximum absolute atomic E-state index is 11.0. The molecule has 39 heavy (non-hydrogen) atoms. The number of hydrogen-bond donors (Lipinski definition) is 2. The van der Waals surface area contributed by atoms with Gasteiger partial charge in [0.15, 0.2) is 0 Å². The Bertz CT molecular complexity index is 1070. The normalized spacial score (nSPS) is 29.6. The largest absolute Gasteiger partial charge is 0.508 e. The van der Waals surface area contributed by atoms with E-state index in [4.69, 9.17) is 4.74 Å². The zero-order valence-electron chi connectivity index (χ0n) is 24.6. The number of rotatable bonds is 12. The van der Waals surface area contributed by atoms with Crippen molar-refractivity contribution in [1.29, 1.82) is 0 Å². The first-order valence-electron chi connectivity index (χ1n) is 15.8. The molecule has 0 radical (unpaired) electrons. The van der Waals surface area contributed by atoms with E-state index in [1.54, 1.807) is 0 Å². The number of aliphatic hydroxyl groups is 1. The number of ether oxygens (including phenoxy) is 1. The lowest BCUT2D eigenvalue weighted by Gasteiger charge is -2.54. The average Bonchev–Trinajstić information content (AvgIpc) is 3.23. The summed E-state index contributed by atoms with van der Waals surface area (Å²) in [4.78, 5) is 2.50. The van der Waals surface area contributed by atoms with Crippen molar-refractivity contribution in [1.82, 2.24) is 4.90 Å². The monoisotopic (exact) mass is 533 g/mol. The number of unbranched alkanes of at least 4 members (excludes halogenated alkanes) is 2. The molecule has 4 nitrogen and oxygen atoms in total. The van der Waals surface area contributed by atoms with E-state index in [2.05, 4.69) is 49.2 Å². The molecule has 214 valence electrons. The quantitative estimate of drug-likeness (QED) is 0.280. The minimum absolute atomic E-state index is 0.0871. The van der Waals surface area contributed by atoms with E-state index in [1.807, 2.05) is 19.1 Å². The predicted molar refractivity (Wildman–Crippen MR) is 160 cm³/mol. The summed E-state index contributed by atoms with van der Waals surface area (Å²) in [7, 11) is 2.26. The van der Waals surface area contributed by atoms with Crippen molar-refractivity contribution in [2.45, 2.75) is 96.5 Å². The van der Waals surface area contributed by atoms with Gasteiger partial charge in [-0.2, -0.15) is 0 Å². The number of phenolic OH excluding ortho intramolecular Hbond substituents is 1. The van der Waals surface area contributed by atoms with E-state index in [9.17, 15) is 10.2 Å². The van der Waals surface area contributed by atoms with Crippen LogP contribution in [0.2, 0.25) is 0 Å². The van der Waals surface area contributed by atoms with Crippen LogP contribution in [-0.4, -0.2) is 48.0 Å². The van der Waals surface area contributed by atoms with Crippen LogP contribution < -0.4 is 4.74 Å². The van der Waals surface area contributed by atoms with Gasteiger partial charge >= 0.3 is 0 Å². The van der Waals surface area contributed by atoms with Gasteiger partial charge in [-0.05, 0) is 155 Å². The topological polar surface area (TPSA) is 52.9 Å². The second-order valence-electron chi connectivity index (χ2n) is 13.1. The lowest BCUT2D eigenvalue weighted by Crippen LogP contribution is -2.47. The Balaban J connectivity index is 1.10. The van der Waals surface area contributed by atoms with Gasteiger partial charge in [0, 0.05) is 0 Å². The fourth-order valence-corrected chi connectivity index (χ4v) is 8.68. The third kappa shape index (κ3) is 6.33. The van der Waals surface area contributed by atoms with Gasteiger partial charge in [-0.25, -0.2) is 0 Å². The Morgan fingerprint density at radius 3 is 2.56 bits per heavy atom. The molecular weight excluding hydrogens is 482 g/mol. The first-order chi connectivity index (χ1) is 18.9. The average molecular weight is 534 g/mol. The first kappa shape index (κ1) is 28.5. The second kappa shape index (κ2) is 12.6. The van der Waals surface area contributed by atoms with Gasteiger partial charge in [-0.15, -0.1) is 0 Å². The minimum Gasteiger partial charge on any atom is -0.508 e. The van der Waals surface area contributed by atoms with E-state index in [0.29, 0.717) is 36.0 Å². The Hall–Kier alpha value is -2.04. The molecule has 2 fully saturated rings. The number of aryl methyl sites for hydroxylation is 2. The van der Waals surface area contributed by atoms with E-state index < -0.39 is 0 Å². The van der Waals surface area contributed by atoms with E-state index >= 15 is 0 Å². The summed E-state index contributed by atoms with van der Waals surface area (Å²) in [5, 5.41) is 21.1. The summed E-state index contributed by atoms with van der Waals surface area (Å²) in [5.41, 5.74) is 4.35. The minimum atomic E-state index is -0.136. The lowest BCUT2D eigenvalue weighted by atomic mass is 9.51. The van der Waals surface area contributed by atoms with Crippen LogP contribution in [0.15, 0.2) is 42.5 Å². The van der Waals surface area contributed by atoms with Crippen molar-refractivity contribution in [3.05, 3.63) is 59.2 Å². The van der Waals surface area contributed by atoms with E-state index in [1.165, 1.54) is 68.2 Å². The Kier molecular flexibility index (Phi) is 9.23. The highest BCUT2D eigenvalue weighted by atomic mass is 16.5. The number of benzene rings is 2. The van der Waals surface area contributed by atoms with Gasteiger partial charge in [0.1, 0.15) is 11.5 Å². The molecule has 0 aromatic heterocycles. The van der Waals surface area contributed by atoms with Crippen LogP contribution in [0.5, 0.6) is 11.5 Å². The summed E-state index contributed by atoms with van der Waals surface area (Å²) >= 11 is 0. The molecule has 2 aromatic rings. The van der Waals surface area contributed by atoms with Crippen LogP contribution in [0.1, 0.15) is 94.2 Å². The third-order valence-electron chi connectivity index (χ3n) is 10.6. The second-order valence-corrected chi connectivity index (χ2v) is 13.1. The van der Waals surface area contributed by atoms with Crippen molar-refractivity contribution in [2.24, 2.45) is 23.2 Å². The van der Waals surface area contributed by atoms with Crippen LogP contribution in [0, 0.1) is 23.2 Å². The molecule has 2 saturated carbocycles. The number of phenols is 1. The van der Waals surface area contributed by atoms with Crippen LogP contribution in [-0.2, 0) is 12.8 Å². The summed E-state index contributed by atoms with van der Waals surface area (Å²) < 4.78 is 5.55. The van der Waals surface area contributed by atoms with Crippen molar-refractivity contribution < 1.29 is 14.9 Å². The molecule has 5 rings (SSSR count). The molecule has 0 spiro atoms. The molecule has 4 heteroatoms. The summed E-state index contributed by atoms with van der Waals surface area (Å²) in [6.07, 6.45) is 12.9. The molecule has 2 aromatic carbocycles.